The summed E-state index contributed by atoms with van der Waals surface area (Å²) in [6, 6.07) is 7.14. The lowest BCUT2D eigenvalue weighted by Gasteiger charge is -2.11. The number of pyridine rings is 1. The van der Waals surface area contributed by atoms with Crippen LogP contribution in [0, 0.1) is 11.8 Å². The Morgan fingerprint density at radius 1 is 1.10 bits per heavy atom. The molecule has 0 amide bonds. The van der Waals surface area contributed by atoms with Crippen LogP contribution in [-0.4, -0.2) is 12.1 Å². The lowest BCUT2D eigenvalue weighted by molar-refractivity contribution is 0.368. The lowest BCUT2D eigenvalue weighted by Crippen LogP contribution is -1.96. The Bertz CT molecular complexity index is 582. The van der Waals surface area contributed by atoms with Crippen molar-refractivity contribution in [2.24, 2.45) is 0 Å². The molecule has 2 rings (SSSR count). The van der Waals surface area contributed by atoms with Crippen molar-refractivity contribution >= 4 is 0 Å². The third-order valence-corrected chi connectivity index (χ3v) is 2.72. The summed E-state index contributed by atoms with van der Waals surface area (Å²) >= 11 is 0. The van der Waals surface area contributed by atoms with Gasteiger partial charge in [-0.1, -0.05) is 19.4 Å². The minimum absolute atomic E-state index is 0.149. The Kier molecular flexibility index (Phi) is 4.50. The van der Waals surface area contributed by atoms with Crippen molar-refractivity contribution in [1.82, 2.24) is 4.98 Å². The van der Waals surface area contributed by atoms with E-state index < -0.39 is 11.8 Å². The number of methoxy groups -OCH3 is 1. The number of aryl methyl sites for hydroxylation is 1. The van der Waals surface area contributed by atoms with Gasteiger partial charge in [-0.15, -0.1) is 0 Å². The molecular formula is C15H15F2NO2. The minimum atomic E-state index is -0.929. The van der Waals surface area contributed by atoms with Crippen LogP contribution in [0.2, 0.25) is 0 Å². The second-order valence-corrected chi connectivity index (χ2v) is 4.28. The van der Waals surface area contributed by atoms with Crippen LogP contribution in [0.4, 0.5) is 8.78 Å². The molecule has 0 N–H and O–H groups in total. The summed E-state index contributed by atoms with van der Waals surface area (Å²) in [6.07, 6.45) is 1.93. The molecule has 0 aliphatic rings. The number of halogens is 2. The SMILES string of the molecule is CCCc1ccc(Oc2cc(F)cc(F)n2)c(OC)c1. The Hall–Kier alpha value is -2.17. The van der Waals surface area contributed by atoms with E-state index in [1.807, 2.05) is 12.1 Å². The predicted molar refractivity (Wildman–Crippen MR) is 71.2 cm³/mol. The highest BCUT2D eigenvalue weighted by Crippen LogP contribution is 2.32. The molecule has 0 aliphatic heterocycles. The average Bonchev–Trinajstić information content (AvgIpc) is 2.39. The van der Waals surface area contributed by atoms with Gasteiger partial charge in [0.05, 0.1) is 7.11 Å². The molecule has 1 heterocycles. The number of hydrogen-bond acceptors (Lipinski definition) is 3. The molecule has 106 valence electrons. The topological polar surface area (TPSA) is 31.4 Å². The summed E-state index contributed by atoms with van der Waals surface area (Å²) in [7, 11) is 1.51. The van der Waals surface area contributed by atoms with Crippen LogP contribution in [0.5, 0.6) is 17.4 Å². The van der Waals surface area contributed by atoms with Gasteiger partial charge >= 0.3 is 0 Å². The molecule has 0 radical (unpaired) electrons. The smallest absolute Gasteiger partial charge is 0.225 e. The molecular weight excluding hydrogens is 264 g/mol. The van der Waals surface area contributed by atoms with Crippen LogP contribution < -0.4 is 9.47 Å². The van der Waals surface area contributed by atoms with Gasteiger partial charge in [0.1, 0.15) is 5.82 Å². The van der Waals surface area contributed by atoms with E-state index >= 15 is 0 Å². The van der Waals surface area contributed by atoms with Gasteiger partial charge < -0.3 is 9.47 Å². The average molecular weight is 279 g/mol. The summed E-state index contributed by atoms with van der Waals surface area (Å²) in [5.74, 6) is -0.952. The van der Waals surface area contributed by atoms with Gasteiger partial charge in [0, 0.05) is 12.1 Å². The Balaban J connectivity index is 2.28. The molecule has 0 bridgehead atoms. The molecule has 0 spiro atoms. The molecule has 1 aromatic heterocycles. The molecule has 2 aromatic rings. The fourth-order valence-electron chi connectivity index (χ4n) is 1.85. The van der Waals surface area contributed by atoms with E-state index in [0.717, 1.165) is 24.5 Å². The van der Waals surface area contributed by atoms with Gasteiger partial charge in [-0.25, -0.2) is 4.39 Å². The lowest BCUT2D eigenvalue weighted by atomic mass is 10.1. The van der Waals surface area contributed by atoms with Gasteiger partial charge in [0.15, 0.2) is 11.5 Å². The molecule has 0 aliphatic carbocycles. The van der Waals surface area contributed by atoms with Gasteiger partial charge in [-0.2, -0.15) is 9.37 Å². The van der Waals surface area contributed by atoms with Crippen LogP contribution in [-0.2, 0) is 6.42 Å². The Morgan fingerprint density at radius 3 is 2.55 bits per heavy atom. The second kappa shape index (κ2) is 6.32. The first-order chi connectivity index (χ1) is 9.62. The quantitative estimate of drug-likeness (QED) is 0.772. The van der Waals surface area contributed by atoms with E-state index in [9.17, 15) is 8.78 Å². The van der Waals surface area contributed by atoms with E-state index in [0.29, 0.717) is 17.6 Å². The predicted octanol–water partition coefficient (Wildman–Crippen LogP) is 4.11. The third kappa shape index (κ3) is 3.44. The Morgan fingerprint density at radius 2 is 1.90 bits per heavy atom. The van der Waals surface area contributed by atoms with Gasteiger partial charge in [-0.05, 0) is 24.1 Å². The van der Waals surface area contributed by atoms with Crippen molar-refractivity contribution in [1.29, 1.82) is 0 Å². The van der Waals surface area contributed by atoms with Gasteiger partial charge in [0.25, 0.3) is 0 Å². The molecule has 20 heavy (non-hydrogen) atoms. The summed E-state index contributed by atoms with van der Waals surface area (Å²) < 4.78 is 36.7. The number of hydrogen-bond donors (Lipinski definition) is 0. The zero-order chi connectivity index (χ0) is 14.5. The van der Waals surface area contributed by atoms with Crippen molar-refractivity contribution in [2.75, 3.05) is 7.11 Å². The number of aromatic nitrogens is 1. The maximum Gasteiger partial charge on any atom is 0.225 e. The van der Waals surface area contributed by atoms with E-state index in [1.54, 1.807) is 6.07 Å². The van der Waals surface area contributed by atoms with Crippen LogP contribution in [0.1, 0.15) is 18.9 Å². The monoisotopic (exact) mass is 279 g/mol. The normalized spacial score (nSPS) is 10.4. The van der Waals surface area contributed by atoms with Crippen LogP contribution >= 0.6 is 0 Å². The zero-order valence-corrected chi connectivity index (χ0v) is 11.3. The molecule has 0 saturated carbocycles. The highest BCUT2D eigenvalue weighted by atomic mass is 19.1. The van der Waals surface area contributed by atoms with Gasteiger partial charge in [-0.3, -0.25) is 0 Å². The van der Waals surface area contributed by atoms with Crippen molar-refractivity contribution in [3.8, 4) is 17.4 Å². The summed E-state index contributed by atoms with van der Waals surface area (Å²) in [4.78, 5) is 3.48. The van der Waals surface area contributed by atoms with Crippen molar-refractivity contribution < 1.29 is 18.3 Å². The number of rotatable bonds is 5. The molecule has 5 heteroatoms. The standard InChI is InChI=1S/C15H15F2NO2/c1-3-4-10-5-6-12(13(7-10)19-2)20-15-9-11(16)8-14(17)18-15/h5-9H,3-4H2,1-2H3. The number of benzene rings is 1. The van der Waals surface area contributed by atoms with Crippen molar-refractivity contribution in [2.45, 2.75) is 19.8 Å². The van der Waals surface area contributed by atoms with E-state index in [2.05, 4.69) is 11.9 Å². The highest BCUT2D eigenvalue weighted by molar-refractivity contribution is 5.44. The molecule has 3 nitrogen and oxygen atoms in total. The fourth-order valence-corrected chi connectivity index (χ4v) is 1.85. The first-order valence-corrected chi connectivity index (χ1v) is 6.30. The highest BCUT2D eigenvalue weighted by Gasteiger charge is 2.10. The summed E-state index contributed by atoms with van der Waals surface area (Å²) in [6.45, 7) is 2.08. The minimum Gasteiger partial charge on any atom is -0.493 e. The summed E-state index contributed by atoms with van der Waals surface area (Å²) in [5, 5.41) is 0. The maximum atomic E-state index is 13.1. The van der Waals surface area contributed by atoms with Crippen LogP contribution in [0.15, 0.2) is 30.3 Å². The van der Waals surface area contributed by atoms with E-state index in [-0.39, 0.29) is 5.88 Å². The first-order valence-electron chi connectivity index (χ1n) is 6.30. The fraction of sp³-hybridized carbons (Fsp3) is 0.267. The molecule has 0 atom stereocenters. The first kappa shape index (κ1) is 14.2. The molecule has 1 aromatic carbocycles. The number of ether oxygens (including phenoxy) is 2. The van der Waals surface area contributed by atoms with Crippen molar-refractivity contribution in [3.05, 3.63) is 47.7 Å². The largest absolute Gasteiger partial charge is 0.493 e. The zero-order valence-electron chi connectivity index (χ0n) is 11.3. The van der Waals surface area contributed by atoms with Crippen LogP contribution in [0.25, 0.3) is 0 Å². The van der Waals surface area contributed by atoms with E-state index in [1.165, 1.54) is 7.11 Å². The number of nitrogens with zero attached hydrogens (tertiary/aromatic N) is 1. The third-order valence-electron chi connectivity index (χ3n) is 2.72. The second-order valence-electron chi connectivity index (χ2n) is 4.28. The molecule has 0 saturated heterocycles. The van der Waals surface area contributed by atoms with E-state index in [4.69, 9.17) is 9.47 Å². The Labute approximate surface area is 116 Å². The van der Waals surface area contributed by atoms with Gasteiger partial charge in [0.2, 0.25) is 11.8 Å². The molecule has 0 fully saturated rings. The summed E-state index contributed by atoms with van der Waals surface area (Å²) in [5.41, 5.74) is 1.11. The molecule has 0 unspecified atom stereocenters. The maximum absolute atomic E-state index is 13.1. The van der Waals surface area contributed by atoms with Crippen LogP contribution in [0.3, 0.4) is 0 Å². The van der Waals surface area contributed by atoms with Crippen molar-refractivity contribution in [3.63, 3.8) is 0 Å².